The zero-order valence-corrected chi connectivity index (χ0v) is 12.7. The lowest BCUT2D eigenvalue weighted by atomic mass is 10.1. The summed E-state index contributed by atoms with van der Waals surface area (Å²) < 4.78 is 0. The van der Waals surface area contributed by atoms with Gasteiger partial charge in [-0.15, -0.1) is 0 Å². The van der Waals surface area contributed by atoms with Crippen molar-refractivity contribution >= 4 is 17.5 Å². The Bertz CT molecular complexity index is 648. The minimum atomic E-state index is -0.132. The fourth-order valence-electron chi connectivity index (χ4n) is 2.67. The number of anilines is 2. The molecule has 2 heterocycles. The molecule has 114 valence electrons. The highest BCUT2D eigenvalue weighted by Crippen LogP contribution is 2.17. The van der Waals surface area contributed by atoms with Crippen molar-refractivity contribution in [1.82, 2.24) is 9.97 Å². The Morgan fingerprint density at radius 1 is 1.09 bits per heavy atom. The summed E-state index contributed by atoms with van der Waals surface area (Å²) in [5.41, 5.74) is 2.24. The highest BCUT2D eigenvalue weighted by atomic mass is 16.1. The second-order valence-corrected chi connectivity index (χ2v) is 5.59. The third-order valence-corrected chi connectivity index (χ3v) is 3.92. The molecule has 1 aromatic heterocycles. The average Bonchev–Trinajstić information content (AvgIpc) is 2.57. The van der Waals surface area contributed by atoms with Gasteiger partial charge in [-0.1, -0.05) is 18.2 Å². The van der Waals surface area contributed by atoms with Gasteiger partial charge in [0.25, 0.3) is 5.91 Å². The number of aryl methyl sites for hydroxylation is 1. The van der Waals surface area contributed by atoms with Crippen molar-refractivity contribution in [3.8, 4) is 0 Å². The van der Waals surface area contributed by atoms with Crippen molar-refractivity contribution in [2.45, 2.75) is 26.2 Å². The van der Waals surface area contributed by atoms with Gasteiger partial charge < -0.3 is 10.2 Å². The summed E-state index contributed by atoms with van der Waals surface area (Å²) in [5.74, 6) is 0.612. The van der Waals surface area contributed by atoms with Crippen LogP contribution in [-0.2, 0) is 0 Å². The Hall–Kier alpha value is -2.43. The Kier molecular flexibility index (Phi) is 4.32. The molecule has 1 saturated heterocycles. The van der Waals surface area contributed by atoms with Crippen LogP contribution in [0.3, 0.4) is 0 Å². The van der Waals surface area contributed by atoms with Crippen LogP contribution >= 0.6 is 0 Å². The second kappa shape index (κ2) is 6.56. The Morgan fingerprint density at radius 2 is 1.77 bits per heavy atom. The molecular formula is C17H20N4O. The largest absolute Gasteiger partial charge is 0.341 e. The molecule has 1 amide bonds. The van der Waals surface area contributed by atoms with Crippen molar-refractivity contribution in [2.75, 3.05) is 23.3 Å². The van der Waals surface area contributed by atoms with E-state index in [0.717, 1.165) is 24.6 Å². The summed E-state index contributed by atoms with van der Waals surface area (Å²) in [7, 11) is 0. The number of benzene rings is 1. The van der Waals surface area contributed by atoms with Gasteiger partial charge in [-0.05, 0) is 37.8 Å². The quantitative estimate of drug-likeness (QED) is 0.946. The van der Waals surface area contributed by atoms with Crippen molar-refractivity contribution in [2.24, 2.45) is 0 Å². The summed E-state index contributed by atoms with van der Waals surface area (Å²) in [6, 6.07) is 7.51. The van der Waals surface area contributed by atoms with Crippen LogP contribution in [0.4, 0.5) is 11.6 Å². The van der Waals surface area contributed by atoms with Crippen molar-refractivity contribution in [3.63, 3.8) is 0 Å². The van der Waals surface area contributed by atoms with E-state index in [0.29, 0.717) is 11.3 Å². The third kappa shape index (κ3) is 3.24. The molecule has 5 heteroatoms. The Labute approximate surface area is 130 Å². The molecule has 0 aliphatic carbocycles. The SMILES string of the molecule is Cc1ccccc1C(=O)Nc1cnc(N2CCCCC2)nc1. The molecule has 1 N–H and O–H groups in total. The summed E-state index contributed by atoms with van der Waals surface area (Å²) in [6.07, 6.45) is 7.01. The summed E-state index contributed by atoms with van der Waals surface area (Å²) in [6.45, 7) is 3.94. The van der Waals surface area contributed by atoms with E-state index in [4.69, 9.17) is 0 Å². The fourth-order valence-corrected chi connectivity index (χ4v) is 2.67. The lowest BCUT2D eigenvalue weighted by molar-refractivity contribution is 0.102. The molecule has 5 nitrogen and oxygen atoms in total. The van der Waals surface area contributed by atoms with Crippen molar-refractivity contribution in [3.05, 3.63) is 47.8 Å². The molecule has 22 heavy (non-hydrogen) atoms. The minimum Gasteiger partial charge on any atom is -0.341 e. The van der Waals surface area contributed by atoms with Crippen LogP contribution in [0.1, 0.15) is 35.2 Å². The summed E-state index contributed by atoms with van der Waals surface area (Å²) in [5, 5.41) is 2.85. The van der Waals surface area contributed by atoms with Gasteiger partial charge in [-0.2, -0.15) is 0 Å². The first-order valence-corrected chi connectivity index (χ1v) is 7.68. The summed E-state index contributed by atoms with van der Waals surface area (Å²) >= 11 is 0. The van der Waals surface area contributed by atoms with E-state index in [2.05, 4.69) is 20.2 Å². The maximum Gasteiger partial charge on any atom is 0.256 e. The van der Waals surface area contributed by atoms with Crippen LogP contribution in [0.25, 0.3) is 0 Å². The highest BCUT2D eigenvalue weighted by molar-refractivity contribution is 6.05. The Morgan fingerprint density at radius 3 is 2.45 bits per heavy atom. The van der Waals surface area contributed by atoms with E-state index in [9.17, 15) is 4.79 Å². The molecule has 1 aromatic carbocycles. The number of nitrogens with one attached hydrogen (secondary N) is 1. The van der Waals surface area contributed by atoms with E-state index in [1.165, 1.54) is 19.3 Å². The predicted molar refractivity (Wildman–Crippen MR) is 87.2 cm³/mol. The van der Waals surface area contributed by atoms with E-state index >= 15 is 0 Å². The zero-order valence-electron chi connectivity index (χ0n) is 12.7. The Balaban J connectivity index is 1.68. The van der Waals surface area contributed by atoms with Gasteiger partial charge in [-0.25, -0.2) is 9.97 Å². The summed E-state index contributed by atoms with van der Waals surface area (Å²) in [4.78, 5) is 23.2. The van der Waals surface area contributed by atoms with Gasteiger partial charge >= 0.3 is 0 Å². The van der Waals surface area contributed by atoms with Gasteiger partial charge in [0.15, 0.2) is 0 Å². The number of rotatable bonds is 3. The van der Waals surface area contributed by atoms with E-state index in [1.54, 1.807) is 12.4 Å². The number of piperidine rings is 1. The molecule has 0 atom stereocenters. The monoisotopic (exact) mass is 296 g/mol. The normalized spacial score (nSPS) is 14.7. The molecular weight excluding hydrogens is 276 g/mol. The van der Waals surface area contributed by atoms with Gasteiger partial charge in [0.05, 0.1) is 18.1 Å². The van der Waals surface area contributed by atoms with Crippen molar-refractivity contribution in [1.29, 1.82) is 0 Å². The van der Waals surface area contributed by atoms with Crippen LogP contribution in [-0.4, -0.2) is 29.0 Å². The number of aromatic nitrogens is 2. The van der Waals surface area contributed by atoms with Crippen LogP contribution < -0.4 is 10.2 Å². The van der Waals surface area contributed by atoms with E-state index in [-0.39, 0.29) is 5.91 Å². The lowest BCUT2D eigenvalue weighted by Crippen LogP contribution is -2.30. The molecule has 0 bridgehead atoms. The lowest BCUT2D eigenvalue weighted by Gasteiger charge is -2.26. The van der Waals surface area contributed by atoms with Crippen molar-refractivity contribution < 1.29 is 4.79 Å². The maximum absolute atomic E-state index is 12.2. The molecule has 1 aliphatic rings. The number of amides is 1. The first-order valence-electron chi connectivity index (χ1n) is 7.68. The highest BCUT2D eigenvalue weighted by Gasteiger charge is 2.14. The predicted octanol–water partition coefficient (Wildman–Crippen LogP) is 3.03. The molecule has 0 radical (unpaired) electrons. The molecule has 3 rings (SSSR count). The standard InChI is InChI=1S/C17H20N4O/c1-13-7-3-4-8-15(13)16(22)20-14-11-18-17(19-12-14)21-9-5-2-6-10-21/h3-4,7-8,11-12H,2,5-6,9-10H2,1H3,(H,20,22). The number of carbonyl (C=O) groups is 1. The number of hydrogen-bond donors (Lipinski definition) is 1. The third-order valence-electron chi connectivity index (χ3n) is 3.92. The van der Waals surface area contributed by atoms with Gasteiger partial charge in [0.2, 0.25) is 5.95 Å². The molecule has 0 spiro atoms. The van der Waals surface area contributed by atoms with Crippen LogP contribution in [0.2, 0.25) is 0 Å². The van der Waals surface area contributed by atoms with Gasteiger partial charge in [-0.3, -0.25) is 4.79 Å². The molecule has 0 unspecified atom stereocenters. The molecule has 1 aliphatic heterocycles. The zero-order chi connectivity index (χ0) is 15.4. The van der Waals surface area contributed by atoms with E-state index < -0.39 is 0 Å². The van der Waals surface area contributed by atoms with Gasteiger partial charge in [0, 0.05) is 18.7 Å². The maximum atomic E-state index is 12.2. The molecule has 0 saturated carbocycles. The fraction of sp³-hybridized carbons (Fsp3) is 0.353. The number of carbonyl (C=O) groups excluding carboxylic acids is 1. The first kappa shape index (κ1) is 14.5. The minimum absolute atomic E-state index is 0.132. The molecule has 1 fully saturated rings. The molecule has 2 aromatic rings. The number of nitrogens with zero attached hydrogens (tertiary/aromatic N) is 3. The second-order valence-electron chi connectivity index (χ2n) is 5.59. The smallest absolute Gasteiger partial charge is 0.256 e. The van der Waals surface area contributed by atoms with Crippen LogP contribution in [0, 0.1) is 6.92 Å². The average molecular weight is 296 g/mol. The van der Waals surface area contributed by atoms with Crippen LogP contribution in [0.15, 0.2) is 36.7 Å². The topological polar surface area (TPSA) is 58.1 Å². The first-order chi connectivity index (χ1) is 10.7. The van der Waals surface area contributed by atoms with E-state index in [1.807, 2.05) is 31.2 Å². The van der Waals surface area contributed by atoms with Gasteiger partial charge in [0.1, 0.15) is 0 Å². The van der Waals surface area contributed by atoms with Crippen LogP contribution in [0.5, 0.6) is 0 Å². The number of hydrogen-bond acceptors (Lipinski definition) is 4.